The molecule has 1 aromatic carbocycles. The Morgan fingerprint density at radius 2 is 2.06 bits per heavy atom. The summed E-state index contributed by atoms with van der Waals surface area (Å²) in [6.07, 6.45) is 1.71. The average molecular weight is 307 g/mol. The summed E-state index contributed by atoms with van der Waals surface area (Å²) in [5.74, 6) is 1.47. The smallest absolute Gasteiger partial charge is 0.145 e. The van der Waals surface area contributed by atoms with Gasteiger partial charge in [0.25, 0.3) is 0 Å². The van der Waals surface area contributed by atoms with Crippen LogP contribution in [0.1, 0.15) is 24.2 Å². The van der Waals surface area contributed by atoms with Gasteiger partial charge in [-0.15, -0.1) is 0 Å². The maximum absolute atomic E-state index is 5.83. The summed E-state index contributed by atoms with van der Waals surface area (Å²) in [5.41, 5.74) is 7.86. The van der Waals surface area contributed by atoms with E-state index in [9.17, 15) is 0 Å². The monoisotopic (exact) mass is 306 g/mol. The molecule has 0 fully saturated rings. The summed E-state index contributed by atoms with van der Waals surface area (Å²) in [4.78, 5) is 4.19. The van der Waals surface area contributed by atoms with Crippen LogP contribution in [-0.2, 0) is 0 Å². The number of hydrogen-bond acceptors (Lipinski definition) is 3. The van der Waals surface area contributed by atoms with Gasteiger partial charge < -0.3 is 10.5 Å². The molecule has 0 bridgehead atoms. The second kappa shape index (κ2) is 5.50. The number of hydrogen-bond donors (Lipinski definition) is 1. The number of aryl methyl sites for hydroxylation is 1. The highest BCUT2D eigenvalue weighted by atomic mass is 79.9. The highest BCUT2D eigenvalue weighted by Gasteiger charge is 2.06. The molecule has 0 aliphatic heterocycles. The molecule has 94 valence electrons. The second-order valence-electron chi connectivity index (χ2n) is 4.22. The minimum atomic E-state index is 0.0105. The molecule has 0 saturated carbocycles. The number of pyridine rings is 1. The number of ether oxygens (including phenoxy) is 1. The highest BCUT2D eigenvalue weighted by Crippen LogP contribution is 2.31. The summed E-state index contributed by atoms with van der Waals surface area (Å²) >= 11 is 3.49. The number of halogens is 1. The fourth-order valence-electron chi connectivity index (χ4n) is 1.52. The van der Waals surface area contributed by atoms with Crippen molar-refractivity contribution in [1.29, 1.82) is 0 Å². The predicted molar refractivity (Wildman–Crippen MR) is 75.8 cm³/mol. The predicted octanol–water partition coefficient (Wildman–Crippen LogP) is 3.96. The highest BCUT2D eigenvalue weighted by molar-refractivity contribution is 9.10. The first-order valence-electron chi connectivity index (χ1n) is 5.72. The molecule has 2 N–H and O–H groups in total. The second-order valence-corrected chi connectivity index (χ2v) is 5.07. The van der Waals surface area contributed by atoms with Crippen LogP contribution in [0.15, 0.2) is 41.0 Å². The maximum Gasteiger partial charge on any atom is 0.145 e. The molecule has 0 aliphatic rings. The third-order valence-corrected chi connectivity index (χ3v) is 3.21. The molecule has 1 aromatic heterocycles. The van der Waals surface area contributed by atoms with E-state index in [2.05, 4.69) is 20.9 Å². The van der Waals surface area contributed by atoms with Crippen LogP contribution in [0, 0.1) is 6.92 Å². The Morgan fingerprint density at radius 3 is 2.61 bits per heavy atom. The zero-order valence-electron chi connectivity index (χ0n) is 10.4. The molecule has 4 heteroatoms. The largest absolute Gasteiger partial charge is 0.455 e. The summed E-state index contributed by atoms with van der Waals surface area (Å²) < 4.78 is 6.64. The van der Waals surface area contributed by atoms with Gasteiger partial charge in [-0.3, -0.25) is 4.98 Å². The topological polar surface area (TPSA) is 48.1 Å². The van der Waals surface area contributed by atoms with Gasteiger partial charge in [0.1, 0.15) is 11.5 Å². The molecule has 0 radical (unpaired) electrons. The third-order valence-electron chi connectivity index (χ3n) is 2.59. The molecule has 3 nitrogen and oxygen atoms in total. The maximum atomic E-state index is 5.83. The van der Waals surface area contributed by atoms with E-state index >= 15 is 0 Å². The van der Waals surface area contributed by atoms with E-state index in [1.165, 1.54) is 0 Å². The molecule has 0 spiro atoms. The standard InChI is InChI=1S/C14H15BrN2O/c1-9-3-5-12(8-17-9)18-14-6-4-11(10(2)16)7-13(14)15/h3-8,10H,16H2,1-2H3/t10-/m0/s1. The van der Waals surface area contributed by atoms with Crippen molar-refractivity contribution in [3.05, 3.63) is 52.3 Å². The molecule has 0 unspecified atom stereocenters. The van der Waals surface area contributed by atoms with E-state index in [0.29, 0.717) is 0 Å². The van der Waals surface area contributed by atoms with E-state index < -0.39 is 0 Å². The lowest BCUT2D eigenvalue weighted by Crippen LogP contribution is -2.04. The van der Waals surface area contributed by atoms with Crippen molar-refractivity contribution in [1.82, 2.24) is 4.98 Å². The average Bonchev–Trinajstić information content (AvgIpc) is 2.34. The molecular formula is C14H15BrN2O. The lowest BCUT2D eigenvalue weighted by Gasteiger charge is -2.11. The molecular weight excluding hydrogens is 292 g/mol. The van der Waals surface area contributed by atoms with Gasteiger partial charge in [0, 0.05) is 11.7 Å². The van der Waals surface area contributed by atoms with Crippen molar-refractivity contribution < 1.29 is 4.74 Å². The number of nitrogens with zero attached hydrogens (tertiary/aromatic N) is 1. The molecule has 1 atom stereocenters. The third kappa shape index (κ3) is 3.09. The van der Waals surface area contributed by atoms with E-state index in [0.717, 1.165) is 27.2 Å². The Morgan fingerprint density at radius 1 is 1.28 bits per heavy atom. The van der Waals surface area contributed by atoms with Crippen LogP contribution in [0.5, 0.6) is 11.5 Å². The minimum Gasteiger partial charge on any atom is -0.455 e. The van der Waals surface area contributed by atoms with Gasteiger partial charge in [-0.25, -0.2) is 0 Å². The van der Waals surface area contributed by atoms with Crippen LogP contribution in [0.3, 0.4) is 0 Å². The van der Waals surface area contributed by atoms with Crippen molar-refractivity contribution in [2.75, 3.05) is 0 Å². The van der Waals surface area contributed by atoms with Gasteiger partial charge in [0.15, 0.2) is 0 Å². The zero-order chi connectivity index (χ0) is 13.1. The SMILES string of the molecule is Cc1ccc(Oc2ccc([C@H](C)N)cc2Br)cn1. The van der Waals surface area contributed by atoms with Crippen LogP contribution >= 0.6 is 15.9 Å². The Labute approximate surface area is 115 Å². The normalized spacial score (nSPS) is 12.2. The summed E-state index contributed by atoms with van der Waals surface area (Å²) in [6, 6.07) is 9.67. The molecule has 0 saturated heterocycles. The van der Waals surface area contributed by atoms with Crippen LogP contribution in [0.25, 0.3) is 0 Å². The number of rotatable bonds is 3. The Bertz CT molecular complexity index is 538. The van der Waals surface area contributed by atoms with Crippen molar-refractivity contribution >= 4 is 15.9 Å². The van der Waals surface area contributed by atoms with E-state index in [-0.39, 0.29) is 6.04 Å². The van der Waals surface area contributed by atoms with E-state index in [1.54, 1.807) is 6.20 Å². The molecule has 2 rings (SSSR count). The van der Waals surface area contributed by atoms with Gasteiger partial charge in [-0.05, 0) is 59.6 Å². The lowest BCUT2D eigenvalue weighted by molar-refractivity contribution is 0.476. The molecule has 0 amide bonds. The first-order valence-corrected chi connectivity index (χ1v) is 6.51. The van der Waals surface area contributed by atoms with Gasteiger partial charge in [0.05, 0.1) is 10.7 Å². The molecule has 2 aromatic rings. The van der Waals surface area contributed by atoms with Crippen molar-refractivity contribution in [2.24, 2.45) is 5.73 Å². The Hall–Kier alpha value is -1.39. The first-order chi connectivity index (χ1) is 8.56. The Kier molecular flexibility index (Phi) is 3.99. The fraction of sp³-hybridized carbons (Fsp3) is 0.214. The molecule has 18 heavy (non-hydrogen) atoms. The first kappa shape index (κ1) is 13.1. The van der Waals surface area contributed by atoms with E-state index in [1.807, 2.05) is 44.2 Å². The summed E-state index contributed by atoms with van der Waals surface area (Å²) in [7, 11) is 0. The summed E-state index contributed by atoms with van der Waals surface area (Å²) in [6.45, 7) is 3.89. The quantitative estimate of drug-likeness (QED) is 0.933. The van der Waals surface area contributed by atoms with Crippen LogP contribution in [-0.4, -0.2) is 4.98 Å². The Balaban J connectivity index is 2.22. The zero-order valence-corrected chi connectivity index (χ0v) is 11.9. The van der Waals surface area contributed by atoms with Gasteiger partial charge in [0.2, 0.25) is 0 Å². The minimum absolute atomic E-state index is 0.0105. The van der Waals surface area contributed by atoms with Crippen molar-refractivity contribution in [2.45, 2.75) is 19.9 Å². The molecule has 0 aliphatic carbocycles. The van der Waals surface area contributed by atoms with Gasteiger partial charge in [-0.1, -0.05) is 6.07 Å². The fourth-order valence-corrected chi connectivity index (χ4v) is 2.00. The van der Waals surface area contributed by atoms with Crippen molar-refractivity contribution in [3.63, 3.8) is 0 Å². The summed E-state index contributed by atoms with van der Waals surface area (Å²) in [5, 5.41) is 0. The number of benzene rings is 1. The van der Waals surface area contributed by atoms with Gasteiger partial charge in [-0.2, -0.15) is 0 Å². The molecule has 1 heterocycles. The van der Waals surface area contributed by atoms with Crippen molar-refractivity contribution in [3.8, 4) is 11.5 Å². The van der Waals surface area contributed by atoms with Crippen LogP contribution in [0.4, 0.5) is 0 Å². The number of aromatic nitrogens is 1. The van der Waals surface area contributed by atoms with Crippen LogP contribution < -0.4 is 10.5 Å². The lowest BCUT2D eigenvalue weighted by atomic mass is 10.1. The van der Waals surface area contributed by atoms with Gasteiger partial charge >= 0.3 is 0 Å². The van der Waals surface area contributed by atoms with E-state index in [4.69, 9.17) is 10.5 Å². The number of nitrogens with two attached hydrogens (primary N) is 1. The van der Waals surface area contributed by atoms with Crippen LogP contribution in [0.2, 0.25) is 0 Å².